The van der Waals surface area contributed by atoms with Crippen LogP contribution in [0.4, 0.5) is 0 Å². The van der Waals surface area contributed by atoms with Gasteiger partial charge in [0, 0.05) is 11.6 Å². The van der Waals surface area contributed by atoms with Gasteiger partial charge in [-0.05, 0) is 32.0 Å². The highest BCUT2D eigenvalue weighted by Crippen LogP contribution is 2.23. The molecule has 0 aliphatic heterocycles. The molecule has 1 fully saturated rings. The molecule has 1 saturated carbocycles. The number of hydrogen-bond acceptors (Lipinski definition) is 2. The Morgan fingerprint density at radius 3 is 2.09 bits per heavy atom. The van der Waals surface area contributed by atoms with E-state index in [1.165, 1.54) is 19.3 Å². The second-order valence-electron chi connectivity index (χ2n) is 5.71. The minimum Gasteiger partial charge on any atom is -0.323 e. The summed E-state index contributed by atoms with van der Waals surface area (Å²) in [7, 11) is 1.90. The second-order valence-corrected chi connectivity index (χ2v) is 5.71. The summed E-state index contributed by atoms with van der Waals surface area (Å²) < 4.78 is 0. The van der Waals surface area contributed by atoms with Crippen molar-refractivity contribution < 1.29 is 4.79 Å². The van der Waals surface area contributed by atoms with Gasteiger partial charge in [0.25, 0.3) is 5.91 Å². The first-order valence-corrected chi connectivity index (χ1v) is 8.17. The Balaban J connectivity index is 2.25. The molecule has 2 rings (SSSR count). The molecule has 3 heteroatoms. The van der Waals surface area contributed by atoms with Gasteiger partial charge >= 0.3 is 0 Å². The first-order valence-electron chi connectivity index (χ1n) is 8.17. The van der Waals surface area contributed by atoms with E-state index in [9.17, 15) is 4.79 Å². The summed E-state index contributed by atoms with van der Waals surface area (Å²) >= 11 is 0. The van der Waals surface area contributed by atoms with Crippen molar-refractivity contribution in [2.75, 3.05) is 13.7 Å². The third-order valence-corrected chi connectivity index (χ3v) is 4.07. The van der Waals surface area contributed by atoms with Gasteiger partial charge < -0.3 is 10.2 Å². The smallest absolute Gasteiger partial charge is 0.255 e. The van der Waals surface area contributed by atoms with Crippen LogP contribution in [-0.4, -0.2) is 30.6 Å². The highest BCUT2D eigenvalue weighted by Gasteiger charge is 2.25. The summed E-state index contributed by atoms with van der Waals surface area (Å²) in [5, 5.41) is 3.15. The van der Waals surface area contributed by atoms with Crippen LogP contribution in [-0.2, 0) is 0 Å². The lowest BCUT2D eigenvalue weighted by Gasteiger charge is -2.34. The Morgan fingerprint density at radius 2 is 1.55 bits per heavy atom. The first kappa shape index (κ1) is 16.5. The molecule has 0 unspecified atom stereocenters. The van der Waals surface area contributed by atoms with Gasteiger partial charge in [0.05, 0.1) is 6.67 Å². The monoisotopic (exact) mass is 298 g/mol. The number of hydrogen-bond donors (Lipinski definition) is 1. The van der Waals surface area contributed by atoms with Gasteiger partial charge in [-0.25, -0.2) is 0 Å². The maximum absolute atomic E-state index is 12.9. The Morgan fingerprint density at radius 1 is 1.00 bits per heavy atom. The largest absolute Gasteiger partial charge is 0.323 e. The average molecular weight is 298 g/mol. The van der Waals surface area contributed by atoms with Gasteiger partial charge in [0.1, 0.15) is 0 Å². The molecule has 1 N–H and O–H groups in total. The standard InChI is InChI=1S/C19H26N2O/c1-20-16-21(18-14-10-7-11-15-18)19(22)17-12-8-5-3-2-4-6-9-13-17/h2-6,8-9,12-13,18,20H,7,10-11,14-16H2,1H3. The molecule has 0 bridgehead atoms. The summed E-state index contributed by atoms with van der Waals surface area (Å²) in [6.45, 7) is 0.605. The predicted molar refractivity (Wildman–Crippen MR) is 91.0 cm³/mol. The minimum absolute atomic E-state index is 0.111. The summed E-state index contributed by atoms with van der Waals surface area (Å²) in [6.07, 6.45) is 5.97. The predicted octanol–water partition coefficient (Wildman–Crippen LogP) is 3.76. The third-order valence-electron chi connectivity index (χ3n) is 4.07. The van der Waals surface area contributed by atoms with E-state index in [1.54, 1.807) is 0 Å². The number of carbonyl (C=O) groups is 1. The van der Waals surface area contributed by atoms with Crippen molar-refractivity contribution in [3.05, 3.63) is 60.2 Å². The van der Waals surface area contributed by atoms with Crippen molar-refractivity contribution in [1.82, 2.24) is 10.2 Å². The van der Waals surface area contributed by atoms with Gasteiger partial charge in [0.2, 0.25) is 0 Å². The zero-order valence-electron chi connectivity index (χ0n) is 13.4. The molecular weight excluding hydrogens is 272 g/mol. The number of amides is 1. The van der Waals surface area contributed by atoms with Gasteiger partial charge in [-0.2, -0.15) is 0 Å². The Bertz CT molecular complexity index is 498. The van der Waals surface area contributed by atoms with Crippen molar-refractivity contribution in [1.29, 1.82) is 0 Å². The van der Waals surface area contributed by atoms with E-state index in [1.807, 2.05) is 66.5 Å². The van der Waals surface area contributed by atoms with E-state index in [0.717, 1.165) is 18.4 Å². The SMILES string of the molecule is CNCN(C(=O)c1ccccccccc1)C1CCCCC1. The average Bonchev–Trinajstić information content (AvgIpc) is 2.57. The van der Waals surface area contributed by atoms with Crippen LogP contribution in [0.25, 0.3) is 0 Å². The molecule has 1 aromatic rings. The lowest BCUT2D eigenvalue weighted by atomic mass is 9.94. The van der Waals surface area contributed by atoms with E-state index in [-0.39, 0.29) is 5.91 Å². The van der Waals surface area contributed by atoms with Crippen LogP contribution in [0.5, 0.6) is 0 Å². The van der Waals surface area contributed by atoms with Crippen LogP contribution < -0.4 is 5.32 Å². The number of nitrogens with one attached hydrogen (secondary N) is 1. The van der Waals surface area contributed by atoms with Crippen LogP contribution in [0.15, 0.2) is 54.6 Å². The lowest BCUT2D eigenvalue weighted by molar-refractivity contribution is 0.0619. The highest BCUT2D eigenvalue weighted by atomic mass is 16.2. The van der Waals surface area contributed by atoms with Gasteiger partial charge in [-0.3, -0.25) is 4.79 Å². The van der Waals surface area contributed by atoms with Crippen molar-refractivity contribution in [3.63, 3.8) is 0 Å². The molecule has 0 aromatic heterocycles. The van der Waals surface area contributed by atoms with Gasteiger partial charge in [0.15, 0.2) is 0 Å². The topological polar surface area (TPSA) is 32.3 Å². The lowest BCUT2D eigenvalue weighted by Crippen LogP contribution is -2.45. The Hall–Kier alpha value is -1.87. The highest BCUT2D eigenvalue weighted by molar-refractivity contribution is 5.94. The zero-order valence-corrected chi connectivity index (χ0v) is 13.4. The molecule has 0 spiro atoms. The Labute approximate surface area is 133 Å². The zero-order chi connectivity index (χ0) is 15.6. The van der Waals surface area contributed by atoms with E-state index in [0.29, 0.717) is 12.7 Å². The fourth-order valence-corrected chi connectivity index (χ4v) is 2.93. The van der Waals surface area contributed by atoms with Crippen molar-refractivity contribution in [3.8, 4) is 0 Å². The summed E-state index contributed by atoms with van der Waals surface area (Å²) in [4.78, 5) is 14.9. The van der Waals surface area contributed by atoms with E-state index < -0.39 is 0 Å². The quantitative estimate of drug-likeness (QED) is 0.858. The fraction of sp³-hybridized carbons (Fsp3) is 0.421. The number of nitrogens with zero attached hydrogens (tertiary/aromatic N) is 1. The fourth-order valence-electron chi connectivity index (χ4n) is 2.93. The maximum Gasteiger partial charge on any atom is 0.255 e. The maximum atomic E-state index is 12.9. The van der Waals surface area contributed by atoms with Gasteiger partial charge in [-0.1, -0.05) is 61.7 Å². The Kier molecular flexibility index (Phi) is 6.91. The molecule has 22 heavy (non-hydrogen) atoms. The number of rotatable bonds is 4. The molecule has 0 radical (unpaired) electrons. The normalized spacial score (nSPS) is 15.0. The van der Waals surface area contributed by atoms with Crippen molar-refractivity contribution in [2.45, 2.75) is 38.1 Å². The van der Waals surface area contributed by atoms with Gasteiger partial charge in [-0.15, -0.1) is 0 Å². The van der Waals surface area contributed by atoms with Crippen LogP contribution in [0.3, 0.4) is 0 Å². The minimum atomic E-state index is 0.111. The van der Waals surface area contributed by atoms with Crippen LogP contribution >= 0.6 is 0 Å². The van der Waals surface area contributed by atoms with E-state index >= 15 is 0 Å². The van der Waals surface area contributed by atoms with E-state index in [2.05, 4.69) is 5.32 Å². The molecule has 0 saturated heterocycles. The molecule has 1 aliphatic carbocycles. The first-order chi connectivity index (χ1) is 10.8. The van der Waals surface area contributed by atoms with Crippen LogP contribution in [0.1, 0.15) is 42.5 Å². The molecule has 3 nitrogen and oxygen atoms in total. The van der Waals surface area contributed by atoms with Crippen LogP contribution in [0, 0.1) is 0 Å². The van der Waals surface area contributed by atoms with Crippen molar-refractivity contribution >= 4 is 5.91 Å². The summed E-state index contributed by atoms with van der Waals surface area (Å²) in [5.41, 5.74) is 0.733. The van der Waals surface area contributed by atoms with Crippen LogP contribution in [0.2, 0.25) is 0 Å². The van der Waals surface area contributed by atoms with Crippen molar-refractivity contribution in [2.24, 2.45) is 0 Å². The molecule has 0 atom stereocenters. The third kappa shape index (κ3) is 4.85. The molecule has 1 aliphatic rings. The molecule has 0 heterocycles. The molecular formula is C19H26N2O. The molecule has 1 amide bonds. The second kappa shape index (κ2) is 9.21. The van der Waals surface area contributed by atoms with E-state index in [4.69, 9.17) is 0 Å². The number of carbonyl (C=O) groups excluding carboxylic acids is 1. The molecule has 1 aromatic carbocycles. The summed E-state index contributed by atoms with van der Waals surface area (Å²) in [6, 6.07) is 17.8. The molecule has 118 valence electrons. The summed E-state index contributed by atoms with van der Waals surface area (Å²) in [5.74, 6) is 0.111.